The number of benzene rings is 1. The van der Waals surface area contributed by atoms with Crippen LogP contribution in [0.25, 0.3) is 0 Å². The average molecular weight is 424 g/mol. The van der Waals surface area contributed by atoms with Crippen molar-refractivity contribution < 1.29 is 18.7 Å². The lowest BCUT2D eigenvalue weighted by Crippen LogP contribution is -2.51. The third kappa shape index (κ3) is 4.68. The average Bonchev–Trinajstić information content (AvgIpc) is 3.17. The Hall–Kier alpha value is -2.65. The Bertz CT molecular complexity index is 865. The number of rotatable bonds is 4. The third-order valence-electron chi connectivity index (χ3n) is 5.10. The van der Waals surface area contributed by atoms with Gasteiger partial charge in [-0.25, -0.2) is 4.39 Å². The highest BCUT2D eigenvalue weighted by molar-refractivity contribution is 5.94. The molecule has 0 unspecified atom stereocenters. The molecular formula is C19H23ClFN5O3. The van der Waals surface area contributed by atoms with Crippen LogP contribution in [0.15, 0.2) is 24.3 Å². The van der Waals surface area contributed by atoms with E-state index >= 15 is 0 Å². The Morgan fingerprint density at radius 2 is 1.79 bits per heavy atom. The van der Waals surface area contributed by atoms with E-state index in [0.717, 1.165) is 24.2 Å². The molecule has 29 heavy (non-hydrogen) atoms. The monoisotopic (exact) mass is 423 g/mol. The van der Waals surface area contributed by atoms with Crippen LogP contribution in [0, 0.1) is 5.82 Å². The number of carbonyl (C=O) groups excluding carboxylic acids is 2. The lowest BCUT2D eigenvalue weighted by atomic mass is 10.1. The lowest BCUT2D eigenvalue weighted by Gasteiger charge is -2.34. The van der Waals surface area contributed by atoms with Crippen molar-refractivity contribution in [2.45, 2.75) is 13.0 Å². The molecule has 10 heteroatoms. The molecule has 1 aromatic carbocycles. The van der Waals surface area contributed by atoms with Crippen LogP contribution in [-0.2, 0) is 17.8 Å². The molecule has 2 aliphatic rings. The van der Waals surface area contributed by atoms with Gasteiger partial charge in [-0.15, -0.1) is 12.4 Å². The summed E-state index contributed by atoms with van der Waals surface area (Å²) in [6.07, 6.45) is 0.839. The Kier molecular flexibility index (Phi) is 6.71. The maximum absolute atomic E-state index is 12.9. The van der Waals surface area contributed by atoms with E-state index in [1.807, 2.05) is 0 Å². The van der Waals surface area contributed by atoms with Crippen molar-refractivity contribution in [2.24, 2.45) is 0 Å². The molecule has 0 radical (unpaired) electrons. The molecule has 1 fully saturated rings. The van der Waals surface area contributed by atoms with Gasteiger partial charge in [-0.3, -0.25) is 14.7 Å². The first-order valence-electron chi connectivity index (χ1n) is 9.34. The molecule has 2 N–H and O–H groups in total. The number of nitrogens with one attached hydrogen (secondary N) is 2. The number of fused-ring (bicyclic) bond motifs is 1. The van der Waals surface area contributed by atoms with E-state index in [1.165, 1.54) is 24.3 Å². The van der Waals surface area contributed by atoms with Gasteiger partial charge in [-0.1, -0.05) is 0 Å². The molecule has 0 aliphatic carbocycles. The Labute approximate surface area is 173 Å². The number of aromatic nitrogens is 2. The highest BCUT2D eigenvalue weighted by Gasteiger charge is 2.29. The zero-order valence-corrected chi connectivity index (χ0v) is 16.6. The molecule has 0 spiro atoms. The maximum Gasteiger partial charge on any atom is 0.274 e. The van der Waals surface area contributed by atoms with Gasteiger partial charge in [-0.2, -0.15) is 5.10 Å². The van der Waals surface area contributed by atoms with E-state index in [9.17, 15) is 14.0 Å². The summed E-state index contributed by atoms with van der Waals surface area (Å²) in [4.78, 5) is 28.5. The van der Waals surface area contributed by atoms with Gasteiger partial charge >= 0.3 is 0 Å². The molecule has 1 saturated heterocycles. The first-order valence-corrected chi connectivity index (χ1v) is 9.34. The highest BCUT2D eigenvalue weighted by Crippen LogP contribution is 2.18. The van der Waals surface area contributed by atoms with Crippen molar-refractivity contribution in [1.29, 1.82) is 0 Å². The summed E-state index contributed by atoms with van der Waals surface area (Å²) in [6, 6.07) is 5.54. The zero-order valence-electron chi connectivity index (χ0n) is 15.8. The smallest absolute Gasteiger partial charge is 0.274 e. The minimum Gasteiger partial charge on any atom is -0.484 e. The second-order valence-electron chi connectivity index (χ2n) is 6.87. The fourth-order valence-electron chi connectivity index (χ4n) is 3.48. The number of aromatic amines is 1. The van der Waals surface area contributed by atoms with Crippen LogP contribution in [0.1, 0.15) is 21.7 Å². The highest BCUT2D eigenvalue weighted by atomic mass is 35.5. The molecule has 2 aliphatic heterocycles. The van der Waals surface area contributed by atoms with Crippen molar-refractivity contribution in [2.75, 3.05) is 39.3 Å². The molecule has 156 valence electrons. The van der Waals surface area contributed by atoms with Gasteiger partial charge in [0.05, 0.1) is 0 Å². The summed E-state index contributed by atoms with van der Waals surface area (Å²) in [7, 11) is 0. The van der Waals surface area contributed by atoms with Crippen LogP contribution in [0.5, 0.6) is 5.75 Å². The van der Waals surface area contributed by atoms with Crippen LogP contribution >= 0.6 is 12.4 Å². The summed E-state index contributed by atoms with van der Waals surface area (Å²) in [5.74, 6) is -0.164. The quantitative estimate of drug-likeness (QED) is 0.765. The number of carbonyl (C=O) groups is 2. The molecule has 8 nitrogen and oxygen atoms in total. The van der Waals surface area contributed by atoms with Crippen molar-refractivity contribution in [3.63, 3.8) is 0 Å². The lowest BCUT2D eigenvalue weighted by molar-refractivity contribution is -0.134. The minimum absolute atomic E-state index is 0. The standard InChI is InChI=1S/C19H22FN5O3.ClH/c20-13-1-3-14(4-2-13)28-12-17(26)24-7-9-25(10-8-24)19(27)18-15-11-21-6-5-16(15)22-23-18;/h1-4,21H,5-12H2,(H,22,23);1H. The van der Waals surface area contributed by atoms with E-state index in [0.29, 0.717) is 44.2 Å². The van der Waals surface area contributed by atoms with Crippen molar-refractivity contribution in [1.82, 2.24) is 25.3 Å². The molecule has 2 amide bonds. The number of hydrogen-bond donors (Lipinski definition) is 2. The SMILES string of the molecule is Cl.O=C(COc1ccc(F)cc1)N1CCN(C(=O)c2n[nH]c3c2CNCC3)CC1. The van der Waals surface area contributed by atoms with Crippen LogP contribution < -0.4 is 10.1 Å². The number of amides is 2. The van der Waals surface area contributed by atoms with Crippen LogP contribution in [0.3, 0.4) is 0 Å². The first-order chi connectivity index (χ1) is 13.6. The molecule has 0 atom stereocenters. The van der Waals surface area contributed by atoms with Crippen molar-refractivity contribution in [3.8, 4) is 5.75 Å². The van der Waals surface area contributed by atoms with Gasteiger partial charge in [0.2, 0.25) is 0 Å². The predicted octanol–water partition coefficient (Wildman–Crippen LogP) is 0.980. The Morgan fingerprint density at radius 1 is 1.10 bits per heavy atom. The fourth-order valence-corrected chi connectivity index (χ4v) is 3.48. The summed E-state index contributed by atoms with van der Waals surface area (Å²) in [5, 5.41) is 10.4. The summed E-state index contributed by atoms with van der Waals surface area (Å²) >= 11 is 0. The predicted molar refractivity (Wildman–Crippen MR) is 106 cm³/mol. The van der Waals surface area contributed by atoms with Gasteiger partial charge in [0.1, 0.15) is 11.6 Å². The number of halogens is 2. The summed E-state index contributed by atoms with van der Waals surface area (Å²) in [6.45, 7) is 3.21. The Morgan fingerprint density at radius 3 is 2.52 bits per heavy atom. The van der Waals surface area contributed by atoms with Gasteiger partial charge in [-0.05, 0) is 24.3 Å². The Balaban J connectivity index is 0.00000240. The molecule has 0 saturated carbocycles. The number of nitrogens with zero attached hydrogens (tertiary/aromatic N) is 3. The van der Waals surface area contributed by atoms with E-state index in [4.69, 9.17) is 4.74 Å². The topological polar surface area (TPSA) is 90.6 Å². The van der Waals surface area contributed by atoms with Crippen LogP contribution in [0.2, 0.25) is 0 Å². The van der Waals surface area contributed by atoms with Gasteiger partial charge in [0, 0.05) is 56.9 Å². The first kappa shape index (κ1) is 21.1. The molecular weight excluding hydrogens is 401 g/mol. The van der Waals surface area contributed by atoms with Crippen molar-refractivity contribution in [3.05, 3.63) is 47.0 Å². The molecule has 4 rings (SSSR count). The summed E-state index contributed by atoms with van der Waals surface area (Å²) in [5.41, 5.74) is 2.44. The normalized spacial score (nSPS) is 16.0. The second kappa shape index (κ2) is 9.23. The minimum atomic E-state index is -0.353. The summed E-state index contributed by atoms with van der Waals surface area (Å²) < 4.78 is 18.3. The van der Waals surface area contributed by atoms with Crippen molar-refractivity contribution >= 4 is 24.2 Å². The zero-order chi connectivity index (χ0) is 19.5. The van der Waals surface area contributed by atoms with E-state index in [1.54, 1.807) is 9.80 Å². The van der Waals surface area contributed by atoms with Gasteiger partial charge in [0.15, 0.2) is 12.3 Å². The van der Waals surface area contributed by atoms with Crippen LogP contribution in [0.4, 0.5) is 4.39 Å². The van der Waals surface area contributed by atoms with E-state index in [2.05, 4.69) is 15.5 Å². The largest absolute Gasteiger partial charge is 0.484 e. The van der Waals surface area contributed by atoms with Gasteiger partial charge < -0.3 is 19.9 Å². The van der Waals surface area contributed by atoms with E-state index in [-0.39, 0.29) is 36.6 Å². The number of ether oxygens (including phenoxy) is 1. The second-order valence-corrected chi connectivity index (χ2v) is 6.87. The number of hydrogen-bond acceptors (Lipinski definition) is 5. The molecule has 1 aromatic heterocycles. The number of H-pyrrole nitrogens is 1. The molecule has 3 heterocycles. The molecule has 0 bridgehead atoms. The number of piperazine rings is 1. The third-order valence-corrected chi connectivity index (χ3v) is 5.10. The fraction of sp³-hybridized carbons (Fsp3) is 0.421. The van der Waals surface area contributed by atoms with Gasteiger partial charge in [0.25, 0.3) is 11.8 Å². The van der Waals surface area contributed by atoms with E-state index < -0.39 is 0 Å². The molecule has 2 aromatic rings. The van der Waals surface area contributed by atoms with Crippen LogP contribution in [-0.4, -0.2) is 71.1 Å². The maximum atomic E-state index is 12.9.